The second kappa shape index (κ2) is 10.7. The third kappa shape index (κ3) is 9.81. The van der Waals surface area contributed by atoms with Crippen LogP contribution in [0.15, 0.2) is 0 Å². The van der Waals surface area contributed by atoms with Crippen molar-refractivity contribution in [3.05, 3.63) is 0 Å². The number of aliphatic carboxylic acids is 3. The molecular formula is C6H12BaO8Ti. The van der Waals surface area contributed by atoms with Crippen molar-refractivity contribution < 1.29 is 64.9 Å². The normalized spacial score (nSPS) is 8.81. The Balaban J connectivity index is -0.0000000720. The van der Waals surface area contributed by atoms with Crippen molar-refractivity contribution in [3.8, 4) is 0 Å². The first-order chi connectivity index (χ1) is 5.78. The van der Waals surface area contributed by atoms with Gasteiger partial charge in [0.05, 0.1) is 12.8 Å². The van der Waals surface area contributed by atoms with Gasteiger partial charge in [-0.25, -0.2) is 4.79 Å². The smallest absolute Gasteiger partial charge is 1.00 e. The first-order valence-corrected chi connectivity index (χ1v) is 3.17. The minimum absolute atomic E-state index is 0. The van der Waals surface area contributed by atoms with Crippen LogP contribution in [-0.4, -0.2) is 98.3 Å². The molecule has 0 heterocycles. The van der Waals surface area contributed by atoms with E-state index >= 15 is 0 Å². The molecule has 0 fully saturated rings. The van der Waals surface area contributed by atoms with Crippen molar-refractivity contribution in [2.75, 3.05) is 0 Å². The summed E-state index contributed by atoms with van der Waals surface area (Å²) in [4.78, 5) is 30.5. The van der Waals surface area contributed by atoms with Gasteiger partial charge in [0.1, 0.15) is 0 Å². The van der Waals surface area contributed by atoms with Crippen LogP contribution in [0.5, 0.6) is 0 Å². The van der Waals surface area contributed by atoms with Gasteiger partial charge in [0.25, 0.3) is 0 Å². The number of rotatable bonds is 5. The Morgan fingerprint density at radius 2 is 1.25 bits per heavy atom. The molecule has 16 heavy (non-hydrogen) atoms. The Morgan fingerprint density at radius 3 is 1.38 bits per heavy atom. The third-order valence-corrected chi connectivity index (χ3v) is 1.29. The molecule has 0 saturated carbocycles. The predicted molar refractivity (Wildman–Crippen MR) is 48.7 cm³/mol. The van der Waals surface area contributed by atoms with E-state index in [1.807, 2.05) is 0 Å². The van der Waals surface area contributed by atoms with Crippen molar-refractivity contribution in [1.82, 2.24) is 0 Å². The molecule has 0 aromatic carbocycles. The van der Waals surface area contributed by atoms with Crippen LogP contribution in [-0.2, 0) is 36.1 Å². The minimum Gasteiger partial charge on any atom is -1.00 e. The topological polar surface area (TPSA) is 164 Å². The standard InChI is InChI=1S/C6H8O7.Ba.H2O.Ti.2H/c7-3(8)1-6(13,5(11)12)2-4(9)10;;;;;/h13H,1-2H2,(H,7,8)(H,9,10)(H,11,12);;1H2;;;/q;+2;;;2*-1. The summed E-state index contributed by atoms with van der Waals surface area (Å²) in [6.07, 6.45) is -2.29. The van der Waals surface area contributed by atoms with E-state index in [1.54, 1.807) is 0 Å². The minimum atomic E-state index is -2.74. The number of carboxylic acid groups (broad SMARTS) is 3. The van der Waals surface area contributed by atoms with Gasteiger partial charge in [-0.3, -0.25) is 9.59 Å². The van der Waals surface area contributed by atoms with Crippen LogP contribution in [0.1, 0.15) is 15.7 Å². The maximum absolute atomic E-state index is 10.3. The van der Waals surface area contributed by atoms with Crippen LogP contribution in [0, 0.1) is 0 Å². The predicted octanol–water partition coefficient (Wildman–Crippen LogP) is -2.23. The molecule has 0 atom stereocenters. The molecule has 0 rings (SSSR count). The van der Waals surface area contributed by atoms with E-state index in [9.17, 15) is 14.4 Å². The Hall–Kier alpha value is 0.616. The Bertz CT molecular complexity index is 248. The van der Waals surface area contributed by atoms with E-state index in [4.69, 9.17) is 20.4 Å². The fraction of sp³-hybridized carbons (Fsp3) is 0.500. The summed E-state index contributed by atoms with van der Waals surface area (Å²) in [6.45, 7) is 0. The van der Waals surface area contributed by atoms with Crippen LogP contribution < -0.4 is 0 Å². The molecule has 0 aromatic heterocycles. The van der Waals surface area contributed by atoms with Gasteiger partial charge < -0.3 is 28.8 Å². The van der Waals surface area contributed by atoms with Gasteiger partial charge in [0, 0.05) is 21.7 Å². The molecule has 0 saturated heterocycles. The maximum Gasteiger partial charge on any atom is 2.00 e. The van der Waals surface area contributed by atoms with E-state index in [0.717, 1.165) is 0 Å². The molecule has 0 aromatic rings. The number of aliphatic hydroxyl groups is 1. The molecule has 0 bridgehead atoms. The summed E-state index contributed by atoms with van der Waals surface area (Å²) in [5, 5.41) is 33.8. The van der Waals surface area contributed by atoms with Crippen LogP contribution in [0.4, 0.5) is 0 Å². The zero-order chi connectivity index (χ0) is 10.6. The Kier molecular flexibility index (Phi) is 17.1. The molecule has 0 aliphatic heterocycles. The number of carbonyl (C=O) groups is 3. The molecule has 90 valence electrons. The van der Waals surface area contributed by atoms with E-state index in [-0.39, 0.29) is 78.9 Å². The van der Waals surface area contributed by atoms with Gasteiger partial charge >= 0.3 is 66.8 Å². The molecule has 0 spiro atoms. The fourth-order valence-electron chi connectivity index (χ4n) is 0.714. The van der Waals surface area contributed by atoms with Crippen LogP contribution in [0.2, 0.25) is 0 Å². The second-order valence-electron chi connectivity index (χ2n) is 2.48. The summed E-state index contributed by atoms with van der Waals surface area (Å²) >= 11 is 0. The van der Waals surface area contributed by atoms with Gasteiger partial charge in [-0.1, -0.05) is 0 Å². The zero-order valence-electron chi connectivity index (χ0n) is 10.1. The molecule has 10 heteroatoms. The molecule has 0 unspecified atom stereocenters. The van der Waals surface area contributed by atoms with Crippen LogP contribution >= 0.6 is 0 Å². The van der Waals surface area contributed by atoms with E-state index in [2.05, 4.69) is 0 Å². The van der Waals surface area contributed by atoms with Crippen molar-refractivity contribution in [1.29, 1.82) is 0 Å². The first kappa shape index (κ1) is 25.5. The molecular weight excluding hydrogens is 385 g/mol. The largest absolute Gasteiger partial charge is 2.00 e. The molecule has 6 N–H and O–H groups in total. The number of hydrogen-bond donors (Lipinski definition) is 4. The van der Waals surface area contributed by atoms with Crippen molar-refractivity contribution in [2.45, 2.75) is 18.4 Å². The molecule has 0 aliphatic rings. The van der Waals surface area contributed by atoms with Crippen molar-refractivity contribution in [2.24, 2.45) is 0 Å². The number of hydrogen-bond acceptors (Lipinski definition) is 4. The monoisotopic (exact) mass is 398 g/mol. The molecule has 0 aliphatic carbocycles. The van der Waals surface area contributed by atoms with Crippen molar-refractivity contribution >= 4 is 66.8 Å². The van der Waals surface area contributed by atoms with Gasteiger partial charge in [-0.2, -0.15) is 0 Å². The Labute approximate surface area is 148 Å². The van der Waals surface area contributed by atoms with Gasteiger partial charge in [0.2, 0.25) is 0 Å². The van der Waals surface area contributed by atoms with Crippen molar-refractivity contribution in [3.63, 3.8) is 0 Å². The maximum atomic E-state index is 10.3. The van der Waals surface area contributed by atoms with Crippen LogP contribution in [0.3, 0.4) is 0 Å². The van der Waals surface area contributed by atoms with Gasteiger partial charge in [-0.05, 0) is 0 Å². The first-order valence-electron chi connectivity index (χ1n) is 3.17. The summed E-state index contributed by atoms with van der Waals surface area (Å²) in [5.41, 5.74) is -2.74. The van der Waals surface area contributed by atoms with E-state index < -0.39 is 36.4 Å². The van der Waals surface area contributed by atoms with E-state index in [0.29, 0.717) is 0 Å². The summed E-state index contributed by atoms with van der Waals surface area (Å²) in [7, 11) is 0. The van der Waals surface area contributed by atoms with Gasteiger partial charge in [0.15, 0.2) is 5.60 Å². The number of carboxylic acids is 3. The second-order valence-corrected chi connectivity index (χ2v) is 2.48. The van der Waals surface area contributed by atoms with Gasteiger partial charge in [-0.15, -0.1) is 0 Å². The quantitative estimate of drug-likeness (QED) is 0.381. The summed E-state index contributed by atoms with van der Waals surface area (Å²) < 4.78 is 0. The average molecular weight is 397 g/mol. The molecule has 0 radical (unpaired) electrons. The molecule has 8 nitrogen and oxygen atoms in total. The molecule has 0 amide bonds. The average Bonchev–Trinajstić information content (AvgIpc) is 1.82. The SMILES string of the molecule is O.O=C(O)CC(O)(CC(=O)O)C(=O)O.[Ba+2].[H-].[H-].[Ti]. The Morgan fingerprint density at radius 1 is 1.00 bits per heavy atom. The summed E-state index contributed by atoms with van der Waals surface area (Å²) in [5.74, 6) is -5.02. The summed E-state index contributed by atoms with van der Waals surface area (Å²) in [6, 6.07) is 0. The fourth-order valence-corrected chi connectivity index (χ4v) is 0.714. The zero-order valence-corrected chi connectivity index (χ0v) is 14.1. The third-order valence-electron chi connectivity index (χ3n) is 1.29. The van der Waals surface area contributed by atoms with Crippen LogP contribution in [0.25, 0.3) is 0 Å². The van der Waals surface area contributed by atoms with E-state index in [1.165, 1.54) is 0 Å².